The molecule has 0 saturated carbocycles. The summed E-state index contributed by atoms with van der Waals surface area (Å²) in [6, 6.07) is 7.51. The quantitative estimate of drug-likeness (QED) is 0.186. The molecule has 4 aromatic heterocycles. The van der Waals surface area contributed by atoms with Crippen molar-refractivity contribution in [2.24, 2.45) is 0 Å². The van der Waals surface area contributed by atoms with Crippen LogP contribution in [0.4, 0.5) is 0 Å². The Kier molecular flexibility index (Phi) is 26.5. The number of hydrogen-bond donors (Lipinski definition) is 2. The number of rotatable bonds is 8. The Morgan fingerprint density at radius 1 is 0.426 bits per heavy atom. The van der Waals surface area contributed by atoms with Crippen molar-refractivity contribution in [3.8, 4) is 0 Å². The van der Waals surface area contributed by atoms with Gasteiger partial charge in [-0.05, 0) is 72.6 Å². The number of nitrogens with one attached hydrogen (secondary N) is 2. The maximum absolute atomic E-state index is 11.3. The standard InChI is InChI=1S/2C11H17NO.2C10H17NS.2C2H6/c2*1-7(2)9-5-10(8(3)4)12-11(13)6-9;2*1-6(2)9-8(5)12-10(11-9)7(3)4;2*1-2/h2*5-8H,1-4H3,(H,12,13);2*6-7H,1-5H3;2*1-2H3. The predicted octanol–water partition coefficient (Wildman–Crippen LogP) is 14.7. The molecule has 4 heterocycles. The van der Waals surface area contributed by atoms with E-state index in [0.717, 1.165) is 22.5 Å². The van der Waals surface area contributed by atoms with Crippen molar-refractivity contribution in [1.82, 2.24) is 19.9 Å². The smallest absolute Gasteiger partial charge is 0.248 e. The van der Waals surface area contributed by atoms with Crippen LogP contribution in [0.25, 0.3) is 0 Å². The lowest BCUT2D eigenvalue weighted by molar-refractivity contribution is 0.788. The molecule has 0 saturated heterocycles. The average molecular weight is 785 g/mol. The van der Waals surface area contributed by atoms with Crippen molar-refractivity contribution >= 4 is 22.7 Å². The molecule has 0 aliphatic heterocycles. The van der Waals surface area contributed by atoms with Gasteiger partial charge in [0.05, 0.1) is 21.4 Å². The van der Waals surface area contributed by atoms with E-state index in [9.17, 15) is 9.59 Å². The molecule has 0 radical (unpaired) electrons. The highest BCUT2D eigenvalue weighted by Crippen LogP contribution is 2.29. The summed E-state index contributed by atoms with van der Waals surface area (Å²) >= 11 is 3.68. The Hall–Kier alpha value is -2.84. The van der Waals surface area contributed by atoms with E-state index in [-0.39, 0.29) is 11.1 Å². The van der Waals surface area contributed by atoms with Crippen molar-refractivity contribution < 1.29 is 0 Å². The molecule has 0 aliphatic rings. The predicted molar refractivity (Wildman–Crippen MR) is 243 cm³/mol. The maximum Gasteiger partial charge on any atom is 0.248 e. The molecule has 0 spiro atoms. The van der Waals surface area contributed by atoms with Crippen LogP contribution in [0.3, 0.4) is 0 Å². The van der Waals surface area contributed by atoms with Gasteiger partial charge in [-0.3, -0.25) is 9.59 Å². The fraction of sp³-hybridized carbons (Fsp3) is 0.652. The molecule has 2 N–H and O–H groups in total. The highest BCUT2D eigenvalue weighted by atomic mass is 32.1. The molecule has 0 unspecified atom stereocenters. The molecule has 4 rings (SSSR count). The molecule has 0 amide bonds. The summed E-state index contributed by atoms with van der Waals surface area (Å²) in [5.41, 5.74) is 6.87. The summed E-state index contributed by atoms with van der Waals surface area (Å²) in [5.74, 6) is 3.86. The summed E-state index contributed by atoms with van der Waals surface area (Å²) in [7, 11) is 0. The van der Waals surface area contributed by atoms with Crippen molar-refractivity contribution in [1.29, 1.82) is 0 Å². The van der Waals surface area contributed by atoms with Gasteiger partial charge in [0.2, 0.25) is 11.1 Å². The third-order valence-corrected chi connectivity index (χ3v) is 10.7. The van der Waals surface area contributed by atoms with Gasteiger partial charge in [-0.25, -0.2) is 9.97 Å². The van der Waals surface area contributed by atoms with Gasteiger partial charge >= 0.3 is 0 Å². The first-order valence-corrected chi connectivity index (χ1v) is 22.1. The summed E-state index contributed by atoms with van der Waals surface area (Å²) < 4.78 is 0. The lowest BCUT2D eigenvalue weighted by Crippen LogP contribution is -2.10. The number of thiazole rings is 2. The van der Waals surface area contributed by atoms with Crippen LogP contribution in [0.2, 0.25) is 0 Å². The van der Waals surface area contributed by atoms with Gasteiger partial charge in [-0.2, -0.15) is 0 Å². The van der Waals surface area contributed by atoms with Crippen molar-refractivity contribution in [2.75, 3.05) is 0 Å². The lowest BCUT2D eigenvalue weighted by Gasteiger charge is -2.09. The number of H-pyrrole nitrogens is 2. The van der Waals surface area contributed by atoms with Crippen molar-refractivity contribution in [2.45, 2.75) is 200 Å². The molecule has 8 heteroatoms. The van der Waals surface area contributed by atoms with Gasteiger partial charge in [-0.15, -0.1) is 22.7 Å². The van der Waals surface area contributed by atoms with Crippen LogP contribution in [0, 0.1) is 13.8 Å². The molecule has 6 nitrogen and oxygen atoms in total. The van der Waals surface area contributed by atoms with Crippen LogP contribution < -0.4 is 11.1 Å². The molecular formula is C46H80N4O2S2. The maximum atomic E-state index is 11.3. The van der Waals surface area contributed by atoms with Crippen molar-refractivity contribution in [3.05, 3.63) is 98.6 Å². The Balaban J connectivity index is 0. The number of nitrogens with zero attached hydrogens (tertiary/aromatic N) is 2. The van der Waals surface area contributed by atoms with E-state index in [4.69, 9.17) is 0 Å². The van der Waals surface area contributed by atoms with Crippen LogP contribution in [0.15, 0.2) is 33.9 Å². The van der Waals surface area contributed by atoms with E-state index in [2.05, 4.69) is 157 Å². The highest BCUT2D eigenvalue weighted by molar-refractivity contribution is 7.12. The third kappa shape index (κ3) is 19.2. The van der Waals surface area contributed by atoms with Crippen molar-refractivity contribution in [3.63, 3.8) is 0 Å². The zero-order valence-electron chi connectivity index (χ0n) is 38.5. The highest BCUT2D eigenvalue weighted by Gasteiger charge is 2.13. The van der Waals surface area contributed by atoms with Crippen LogP contribution in [-0.4, -0.2) is 19.9 Å². The number of aromatic nitrogens is 4. The Bertz CT molecular complexity index is 1520. The van der Waals surface area contributed by atoms with Gasteiger partial charge in [0.25, 0.3) is 0 Å². The van der Waals surface area contributed by atoms with Gasteiger partial charge in [-0.1, -0.05) is 138 Å². The number of aromatic amines is 2. The van der Waals surface area contributed by atoms with Crippen LogP contribution >= 0.6 is 22.7 Å². The fourth-order valence-electron chi connectivity index (χ4n) is 4.89. The lowest BCUT2D eigenvalue weighted by atomic mass is 10.0. The molecule has 0 aliphatic carbocycles. The van der Waals surface area contributed by atoms with Crippen LogP contribution in [0.1, 0.15) is 239 Å². The second-order valence-corrected chi connectivity index (χ2v) is 18.2. The normalized spacial score (nSPS) is 10.8. The van der Waals surface area contributed by atoms with E-state index in [0.29, 0.717) is 47.3 Å². The topological polar surface area (TPSA) is 91.5 Å². The minimum Gasteiger partial charge on any atom is -0.326 e. The number of aryl methyl sites for hydroxylation is 2. The Morgan fingerprint density at radius 2 is 0.704 bits per heavy atom. The molecule has 54 heavy (non-hydrogen) atoms. The minimum atomic E-state index is 0.00917. The largest absolute Gasteiger partial charge is 0.326 e. The molecule has 0 atom stereocenters. The Morgan fingerprint density at radius 3 is 0.870 bits per heavy atom. The first kappa shape index (κ1) is 53.3. The fourth-order valence-corrected chi connectivity index (χ4v) is 7.05. The minimum absolute atomic E-state index is 0.00917. The SMILES string of the molecule is CC.CC.CC(C)c1cc(C(C)C)[nH]c(=O)c1.CC(C)c1cc(C(C)C)[nH]c(=O)c1.Cc1sc(C(C)C)nc1C(C)C.Cc1sc(C(C)C)nc1C(C)C. The molecule has 4 aromatic rings. The number of pyridine rings is 2. The first-order chi connectivity index (χ1) is 25.0. The van der Waals surface area contributed by atoms with Gasteiger partial charge in [0.1, 0.15) is 0 Å². The molecule has 0 aromatic carbocycles. The number of hydrogen-bond acceptors (Lipinski definition) is 6. The summed E-state index contributed by atoms with van der Waals surface area (Å²) in [4.78, 5) is 40.2. The van der Waals surface area contributed by atoms with E-state index < -0.39 is 0 Å². The second kappa shape index (κ2) is 26.9. The molecule has 0 bridgehead atoms. The summed E-state index contributed by atoms with van der Waals surface area (Å²) in [6.07, 6.45) is 0. The summed E-state index contributed by atoms with van der Waals surface area (Å²) in [5, 5.41) is 2.55. The van der Waals surface area contributed by atoms with E-state index in [1.807, 2.05) is 50.4 Å². The molecule has 308 valence electrons. The van der Waals surface area contributed by atoms with E-state index in [1.54, 1.807) is 12.1 Å². The van der Waals surface area contributed by atoms with E-state index >= 15 is 0 Å². The van der Waals surface area contributed by atoms with Gasteiger partial charge < -0.3 is 9.97 Å². The van der Waals surface area contributed by atoms with Gasteiger partial charge in [0.15, 0.2) is 0 Å². The first-order valence-electron chi connectivity index (χ1n) is 20.5. The van der Waals surface area contributed by atoms with Crippen LogP contribution in [0.5, 0.6) is 0 Å². The van der Waals surface area contributed by atoms with E-state index in [1.165, 1.54) is 31.2 Å². The van der Waals surface area contributed by atoms with Gasteiger partial charge in [0, 0.05) is 45.1 Å². The Labute approximate surface area is 339 Å². The monoisotopic (exact) mass is 785 g/mol. The summed E-state index contributed by atoms with van der Waals surface area (Å²) in [6.45, 7) is 46.6. The molecular weight excluding hydrogens is 705 g/mol. The third-order valence-electron chi connectivity index (χ3n) is 8.13. The average Bonchev–Trinajstić information content (AvgIpc) is 3.70. The zero-order valence-corrected chi connectivity index (χ0v) is 40.1. The van der Waals surface area contributed by atoms with Crippen LogP contribution in [-0.2, 0) is 0 Å². The zero-order chi connectivity index (χ0) is 42.6. The second-order valence-electron chi connectivity index (χ2n) is 15.7. The molecule has 0 fully saturated rings.